The molecule has 2 nitrogen and oxygen atoms in total. The second-order valence-electron chi connectivity index (χ2n) is 2.27. The lowest BCUT2D eigenvalue weighted by molar-refractivity contribution is 0.621. The van der Waals surface area contributed by atoms with Gasteiger partial charge in [0, 0.05) is 31.4 Å². The van der Waals surface area contributed by atoms with Gasteiger partial charge >= 0.3 is 8.26 Å². The number of hydrogen-bond donors (Lipinski definition) is 0. The van der Waals surface area contributed by atoms with Crippen LogP contribution >= 0.6 is 44.6 Å². The fourth-order valence-corrected chi connectivity index (χ4v) is 0.976. The maximum atomic E-state index is 9.16. The molecule has 0 amide bonds. The van der Waals surface area contributed by atoms with E-state index < -0.39 is 8.26 Å². The van der Waals surface area contributed by atoms with E-state index in [1.54, 1.807) is 6.07 Å². The van der Waals surface area contributed by atoms with E-state index >= 15 is 0 Å². The van der Waals surface area contributed by atoms with Crippen LogP contribution in [0, 0.1) is 6.92 Å². The van der Waals surface area contributed by atoms with Gasteiger partial charge in [0.25, 0.3) is 0 Å². The van der Waals surface area contributed by atoms with Gasteiger partial charge in [-0.3, -0.25) is 0 Å². The molecule has 0 heterocycles. The van der Waals surface area contributed by atoms with Gasteiger partial charge in [-0.25, -0.2) is 0 Å². The minimum absolute atomic E-state index is 0.686. The van der Waals surface area contributed by atoms with E-state index in [1.165, 1.54) is 0 Å². The zero-order valence-electron chi connectivity index (χ0n) is 6.97. The predicted octanol–water partition coefficient (Wildman–Crippen LogP) is 4.01. The Balaban J connectivity index is 0.000000292. The van der Waals surface area contributed by atoms with Crippen molar-refractivity contribution in [3.63, 3.8) is 0 Å². The van der Waals surface area contributed by atoms with Crippen LogP contribution in [0.25, 0.3) is 0 Å². The Morgan fingerprint density at radius 1 is 1.14 bits per heavy atom. The molecule has 0 aromatic heterocycles. The van der Waals surface area contributed by atoms with Crippen molar-refractivity contribution in [2.24, 2.45) is 0 Å². The molecule has 0 N–H and O–H groups in total. The van der Waals surface area contributed by atoms with Crippen LogP contribution in [0.15, 0.2) is 18.2 Å². The lowest BCUT2D eigenvalue weighted by Gasteiger charge is -1.94. The molecular formula is C7H6Cl4O2S. The molecule has 0 bridgehead atoms. The summed E-state index contributed by atoms with van der Waals surface area (Å²) in [6.45, 7) is 1.94. The molecule has 0 saturated carbocycles. The zero-order valence-corrected chi connectivity index (χ0v) is 10.8. The average molecular weight is 296 g/mol. The van der Waals surface area contributed by atoms with Crippen LogP contribution in [0.5, 0.6) is 0 Å². The molecule has 0 unspecified atom stereocenters. The fraction of sp³-hybridized carbons (Fsp3) is 0.143. The molecule has 0 aliphatic heterocycles. The van der Waals surface area contributed by atoms with Gasteiger partial charge in [-0.15, -0.1) is 0 Å². The lowest BCUT2D eigenvalue weighted by atomic mass is 10.2. The topological polar surface area (TPSA) is 34.1 Å². The molecule has 0 atom stereocenters. The molecule has 0 fully saturated rings. The average Bonchev–Trinajstić information content (AvgIpc) is 1.94. The number of hydrogen-bond acceptors (Lipinski definition) is 2. The summed E-state index contributed by atoms with van der Waals surface area (Å²) in [6.07, 6.45) is 0. The summed E-state index contributed by atoms with van der Waals surface area (Å²) in [7, 11) is 4.81. The van der Waals surface area contributed by atoms with Gasteiger partial charge in [-0.1, -0.05) is 29.3 Å². The second kappa shape index (κ2) is 6.03. The van der Waals surface area contributed by atoms with Gasteiger partial charge in [-0.2, -0.15) is 8.42 Å². The van der Waals surface area contributed by atoms with E-state index in [0.29, 0.717) is 5.02 Å². The molecule has 0 aliphatic rings. The van der Waals surface area contributed by atoms with Gasteiger partial charge in [0.2, 0.25) is 0 Å². The van der Waals surface area contributed by atoms with Crippen molar-refractivity contribution in [1.29, 1.82) is 0 Å². The van der Waals surface area contributed by atoms with E-state index in [0.717, 1.165) is 10.6 Å². The van der Waals surface area contributed by atoms with Gasteiger partial charge in [0.1, 0.15) is 0 Å². The van der Waals surface area contributed by atoms with Crippen LogP contribution in [-0.2, 0) is 8.26 Å². The molecule has 14 heavy (non-hydrogen) atoms. The van der Waals surface area contributed by atoms with Crippen molar-refractivity contribution in [3.8, 4) is 0 Å². The van der Waals surface area contributed by atoms with Gasteiger partial charge in [-0.05, 0) is 24.6 Å². The Morgan fingerprint density at radius 2 is 1.57 bits per heavy atom. The first-order valence-corrected chi connectivity index (χ1v) is 7.15. The number of aryl methyl sites for hydroxylation is 1. The van der Waals surface area contributed by atoms with Crippen LogP contribution in [0.3, 0.4) is 0 Å². The van der Waals surface area contributed by atoms with Crippen LogP contribution in [-0.4, -0.2) is 8.42 Å². The Kier molecular flexibility index (Phi) is 6.17. The summed E-state index contributed by atoms with van der Waals surface area (Å²) in [5.74, 6) is 0. The van der Waals surface area contributed by atoms with Crippen molar-refractivity contribution >= 4 is 52.8 Å². The summed E-state index contributed by atoms with van der Waals surface area (Å²) < 4.78 is 18.3. The molecule has 0 aliphatic carbocycles. The molecule has 0 saturated heterocycles. The van der Waals surface area contributed by atoms with Gasteiger partial charge in [0.15, 0.2) is 0 Å². The molecule has 0 spiro atoms. The summed E-state index contributed by atoms with van der Waals surface area (Å²) in [6, 6.07) is 5.45. The van der Waals surface area contributed by atoms with Crippen LogP contribution < -0.4 is 0 Å². The van der Waals surface area contributed by atoms with Gasteiger partial charge < -0.3 is 0 Å². The standard InChI is InChI=1S/C7H6Cl2.Cl2O2S/c1-5-2-3-6(8)4-7(5)9;1-5(2,3)4/h2-4H,1H3;. The summed E-state index contributed by atoms with van der Waals surface area (Å²) in [5.41, 5.74) is 1.06. The zero-order chi connectivity index (χ0) is 11.4. The quantitative estimate of drug-likeness (QED) is 0.678. The molecule has 0 radical (unpaired) electrons. The Hall–Kier alpha value is 0.330. The monoisotopic (exact) mass is 294 g/mol. The molecule has 80 valence electrons. The Bertz CT molecular complexity index is 394. The van der Waals surface area contributed by atoms with E-state index in [1.807, 2.05) is 19.1 Å². The van der Waals surface area contributed by atoms with Gasteiger partial charge in [0.05, 0.1) is 0 Å². The highest BCUT2D eigenvalue weighted by Crippen LogP contribution is 2.19. The first-order chi connectivity index (χ1) is 6.20. The van der Waals surface area contributed by atoms with Crippen molar-refractivity contribution in [1.82, 2.24) is 0 Å². The normalized spacial score (nSPS) is 10.4. The summed E-state index contributed by atoms with van der Waals surface area (Å²) >= 11 is 11.4. The highest BCUT2D eigenvalue weighted by Gasteiger charge is 1.92. The Morgan fingerprint density at radius 3 is 1.86 bits per heavy atom. The SMILES string of the molecule is Cc1ccc(Cl)cc1Cl.O=S(=O)(Cl)Cl. The summed E-state index contributed by atoms with van der Waals surface area (Å²) in [5, 5.41) is 1.41. The molecular weight excluding hydrogens is 290 g/mol. The maximum Gasteiger partial charge on any atom is 0.317 e. The first-order valence-electron chi connectivity index (χ1n) is 3.26. The summed E-state index contributed by atoms with van der Waals surface area (Å²) in [4.78, 5) is 0. The van der Waals surface area contributed by atoms with E-state index in [9.17, 15) is 0 Å². The van der Waals surface area contributed by atoms with Crippen molar-refractivity contribution < 1.29 is 8.42 Å². The number of rotatable bonds is 0. The Labute approximate surface area is 102 Å². The van der Waals surface area contributed by atoms with Crippen LogP contribution in [0.1, 0.15) is 5.56 Å². The fourth-order valence-electron chi connectivity index (χ4n) is 0.567. The van der Waals surface area contributed by atoms with E-state index in [-0.39, 0.29) is 0 Å². The minimum Gasteiger partial charge on any atom is -0.195 e. The van der Waals surface area contributed by atoms with Crippen LogP contribution in [0.4, 0.5) is 0 Å². The molecule has 7 heteroatoms. The second-order valence-corrected chi connectivity index (χ2v) is 6.78. The molecule has 1 aromatic rings. The highest BCUT2D eigenvalue weighted by molar-refractivity contribution is 8.31. The first kappa shape index (κ1) is 14.3. The molecule has 1 aromatic carbocycles. The van der Waals surface area contributed by atoms with Crippen LogP contribution in [0.2, 0.25) is 10.0 Å². The lowest BCUT2D eigenvalue weighted by Crippen LogP contribution is -1.71. The van der Waals surface area contributed by atoms with Crippen molar-refractivity contribution in [3.05, 3.63) is 33.8 Å². The third-order valence-corrected chi connectivity index (χ3v) is 1.78. The van der Waals surface area contributed by atoms with E-state index in [2.05, 4.69) is 21.4 Å². The van der Waals surface area contributed by atoms with Crippen molar-refractivity contribution in [2.45, 2.75) is 6.92 Å². The smallest absolute Gasteiger partial charge is 0.195 e. The maximum absolute atomic E-state index is 9.16. The number of halogens is 4. The predicted molar refractivity (Wildman–Crippen MR) is 61.8 cm³/mol. The largest absolute Gasteiger partial charge is 0.317 e. The number of benzene rings is 1. The minimum atomic E-state index is -3.72. The molecule has 1 rings (SSSR count). The third-order valence-electron chi connectivity index (χ3n) is 1.13. The highest BCUT2D eigenvalue weighted by atomic mass is 36.0. The van der Waals surface area contributed by atoms with E-state index in [4.69, 9.17) is 31.6 Å². The van der Waals surface area contributed by atoms with Crippen molar-refractivity contribution in [2.75, 3.05) is 0 Å². The third kappa shape index (κ3) is 8.91.